The molecule has 6 aliphatic rings. The van der Waals surface area contributed by atoms with Gasteiger partial charge in [-0.3, -0.25) is 57.7 Å². The van der Waals surface area contributed by atoms with Crippen molar-refractivity contribution >= 4 is 101 Å². The van der Waals surface area contributed by atoms with Crippen molar-refractivity contribution in [3.05, 3.63) is 316 Å². The van der Waals surface area contributed by atoms with Gasteiger partial charge in [-0.25, -0.2) is 38.9 Å². The number of carboxylic acids is 1. The number of para-hydroxylation sites is 3. The summed E-state index contributed by atoms with van der Waals surface area (Å²) in [6.07, 6.45) is -2.07. The largest absolute Gasteiger partial charge is 0.480 e. The number of hydrogen-bond donors (Lipinski definition) is 10. The number of carbonyl (C=O) groups excluding carboxylic acids is 13. The zero-order valence-electron chi connectivity index (χ0n) is 84.2. The summed E-state index contributed by atoms with van der Waals surface area (Å²) in [7, 11) is 4.73. The molecule has 36 heteroatoms. The van der Waals surface area contributed by atoms with Crippen LogP contribution in [0, 0.1) is 40.3 Å². The van der Waals surface area contributed by atoms with Crippen LogP contribution in [0.3, 0.4) is 0 Å². The first-order valence-electron chi connectivity index (χ1n) is 48.3. The van der Waals surface area contributed by atoms with Crippen molar-refractivity contribution < 1.29 is 99.6 Å². The molecule has 15 rings (SSSR count). The number of rotatable bonds is 30. The molecule has 9 aromatic rings. The standard InChI is InChI=1S/C37H42FN5O6.C37H40FN5O5.C20H28N4O3.C17H16FNO4/c1-36(2,3)19-30(33(46)43-22-37(20-31(43)39-23-44)27-12-8-9-13-28(27)40-34(37)47)42(4)32(45)29(18-24-14-16-26(38)17-15-24)41-35(48)49-21-25-10-6-5-7-11-25;1-36(2,3)20-30(33(45)43-23-37(21-31(43)39-4)27-13-9-10-14-28(27)40-34(37)46)42(5)32(44)29(19-24-15-17-26(38)18-16-24)41-35(47)48-22-25-11-7-6-8-12-25;1-19(2,3)9-14(22-4)17(26)24-11-20(10-15(24)16(21)25)12-7-5-6-8-13(12)23-18(20)27;18-14-8-6-12(7-9-14)10-15(16(20)21)19-17(22)23-11-13-4-2-1-3-5-13/h5-17,23,29-31H,18-22H2,1-4H3,(H,39,44)(H,40,47)(H,41,48);6-18,29-31H,19-23H2,1-3,5H3,(H,40,46)(H,41,47);5-8,14-15,22H,9-11H2,1-4H3,(H2,21,25)(H,23,27);1-9,15H,10-11H2,(H,19,22)(H,20,21)/t2*29-,30-,31-,37-;14-,15-,20-;15-/m0000/s1. The third-order valence-electron chi connectivity index (χ3n) is 26.8. The molecular weight excluding hydrogens is 1890 g/mol. The average Bonchev–Trinajstić information content (AvgIpc) is 1.58. The van der Waals surface area contributed by atoms with Crippen LogP contribution in [0.4, 0.5) is 44.6 Å². The number of alkyl carbamates (subject to hydrolysis) is 3. The van der Waals surface area contributed by atoms with E-state index in [0.29, 0.717) is 40.9 Å². The highest BCUT2D eigenvalue weighted by Crippen LogP contribution is 2.50. The lowest BCUT2D eigenvalue weighted by Crippen LogP contribution is -2.58. The molecule has 33 nitrogen and oxygen atoms in total. The Balaban J connectivity index is 0.000000182. The smallest absolute Gasteiger partial charge is 0.408 e. The first-order chi connectivity index (χ1) is 69.7. The Bertz CT molecular complexity index is 6310. The topological polar surface area (TPSA) is 430 Å². The van der Waals surface area contributed by atoms with E-state index in [2.05, 4.69) is 68.2 Å². The van der Waals surface area contributed by atoms with Gasteiger partial charge in [0.05, 0.1) is 23.3 Å². The minimum absolute atomic E-state index is 0.000574. The van der Waals surface area contributed by atoms with Crippen molar-refractivity contribution in [2.75, 3.05) is 56.7 Å². The molecule has 12 atom stereocenters. The van der Waals surface area contributed by atoms with Gasteiger partial charge in [-0.05, 0) is 154 Å². The van der Waals surface area contributed by atoms with Gasteiger partial charge in [-0.1, -0.05) is 244 Å². The lowest BCUT2D eigenvalue weighted by atomic mass is 9.79. The molecule has 9 aromatic carbocycles. The number of aliphatic carboxylic acids is 1. The monoisotopic (exact) mass is 2010 g/mol. The molecule has 0 aromatic heterocycles. The Morgan fingerprint density at radius 2 is 0.762 bits per heavy atom. The molecule has 6 aliphatic heterocycles. The van der Waals surface area contributed by atoms with Gasteiger partial charge in [0.2, 0.25) is 53.7 Å². The molecule has 0 bridgehead atoms. The highest BCUT2D eigenvalue weighted by Gasteiger charge is 2.62. The summed E-state index contributed by atoms with van der Waals surface area (Å²) in [5.41, 5.74) is 10.0. The summed E-state index contributed by atoms with van der Waals surface area (Å²) in [6, 6.07) is 59.0. The number of benzene rings is 9. The van der Waals surface area contributed by atoms with E-state index in [1.807, 2.05) is 157 Å². The van der Waals surface area contributed by atoms with E-state index in [-0.39, 0.29) is 120 Å². The van der Waals surface area contributed by atoms with Gasteiger partial charge in [0.1, 0.15) is 85.1 Å². The van der Waals surface area contributed by atoms with Crippen LogP contribution in [0.2, 0.25) is 0 Å². The number of carboxylic acid groups (broad SMARTS) is 1. The summed E-state index contributed by atoms with van der Waals surface area (Å²) >= 11 is 0. The van der Waals surface area contributed by atoms with Crippen LogP contribution >= 0.6 is 0 Å². The molecule has 0 aliphatic carbocycles. The number of fused-ring (bicyclic) bond motifs is 6. The minimum atomic E-state index is -1.19. The van der Waals surface area contributed by atoms with Gasteiger partial charge in [0.25, 0.3) is 5.91 Å². The van der Waals surface area contributed by atoms with Crippen LogP contribution < -0.4 is 48.3 Å². The Morgan fingerprint density at radius 3 is 1.10 bits per heavy atom. The number of likely N-dealkylation sites (tertiary alicyclic amines) is 3. The number of likely N-dealkylation sites (N-methyl/N-ethyl adjacent to an activating group) is 3. The highest BCUT2D eigenvalue weighted by atomic mass is 19.1. The zero-order chi connectivity index (χ0) is 107. The van der Waals surface area contributed by atoms with Gasteiger partial charge in [0.15, 0.2) is 0 Å². The number of carbonyl (C=O) groups is 14. The Morgan fingerprint density at radius 1 is 0.442 bits per heavy atom. The number of nitrogens with one attached hydrogen (secondary N) is 8. The zero-order valence-corrected chi connectivity index (χ0v) is 84.2. The van der Waals surface area contributed by atoms with Crippen molar-refractivity contribution in [2.24, 2.45) is 22.0 Å². The number of nitrogens with zero attached hydrogens (tertiary/aromatic N) is 6. The molecule has 13 amide bonds. The molecule has 3 saturated heterocycles. The van der Waals surface area contributed by atoms with Crippen LogP contribution in [0.5, 0.6) is 0 Å². The fourth-order valence-electron chi connectivity index (χ4n) is 19.3. The lowest BCUT2D eigenvalue weighted by Gasteiger charge is -2.37. The summed E-state index contributed by atoms with van der Waals surface area (Å²) in [4.78, 5) is 194. The molecule has 11 N–H and O–H groups in total. The van der Waals surface area contributed by atoms with E-state index < -0.39 is 153 Å². The highest BCUT2D eigenvalue weighted by molar-refractivity contribution is 6.10. The minimum Gasteiger partial charge on any atom is -0.480 e. The van der Waals surface area contributed by atoms with Crippen LogP contribution in [0.1, 0.15) is 151 Å². The second kappa shape index (κ2) is 47.8. The van der Waals surface area contributed by atoms with Crippen LogP contribution in [-0.2, 0) is 122 Å². The molecule has 147 heavy (non-hydrogen) atoms. The van der Waals surface area contributed by atoms with Crippen molar-refractivity contribution in [1.82, 2.24) is 51.1 Å². The van der Waals surface area contributed by atoms with Crippen molar-refractivity contribution in [3.8, 4) is 0 Å². The predicted molar refractivity (Wildman–Crippen MR) is 542 cm³/mol. The fraction of sp³-hybridized carbons (Fsp3) is 0.378. The fourth-order valence-corrected chi connectivity index (χ4v) is 19.3. The van der Waals surface area contributed by atoms with Crippen molar-refractivity contribution in [1.29, 1.82) is 0 Å². The summed E-state index contributed by atoms with van der Waals surface area (Å²) in [5.74, 6) is -6.00. The third kappa shape index (κ3) is 27.6. The molecule has 0 radical (unpaired) electrons. The maximum Gasteiger partial charge on any atom is 0.408 e. The summed E-state index contributed by atoms with van der Waals surface area (Å²) in [5, 5.41) is 31.3. The number of hydrogen-bond acceptors (Lipinski definition) is 18. The van der Waals surface area contributed by atoms with Gasteiger partial charge in [-0.2, -0.15) is 0 Å². The van der Waals surface area contributed by atoms with Crippen LogP contribution in [-0.4, -0.2) is 209 Å². The number of ether oxygens (including phenoxy) is 3. The number of amides is 13. The molecule has 0 unspecified atom stereocenters. The predicted octanol–water partition coefficient (Wildman–Crippen LogP) is 13.1. The van der Waals surface area contributed by atoms with Crippen LogP contribution in [0.15, 0.2) is 237 Å². The molecule has 6 heterocycles. The Kier molecular flexibility index (Phi) is 35.8. The third-order valence-corrected chi connectivity index (χ3v) is 26.8. The summed E-state index contributed by atoms with van der Waals surface area (Å²) in [6.45, 7) is 25.9. The van der Waals surface area contributed by atoms with Crippen LogP contribution in [0.25, 0.3) is 4.85 Å². The van der Waals surface area contributed by atoms with E-state index in [0.717, 1.165) is 39.1 Å². The van der Waals surface area contributed by atoms with Crippen molar-refractivity contribution in [2.45, 2.75) is 211 Å². The Hall–Kier alpha value is -15.8. The molecule has 774 valence electrons. The SMILES string of the molecule is CN(C(=O)[C@H](Cc1ccc(F)cc1)NC(=O)OCc1ccccc1)[C@@H](CC(C)(C)C)C(=O)N1C[C@]2(C[C@H]1NC=O)C(=O)Nc1ccccc12.CN[C@@H](CC(C)(C)C)C(=O)N1C[C@]2(C[C@H]1C(N)=O)C(=O)Nc1ccccc12.O=C(N[C@@H](Cc1ccc(F)cc1)C(=O)O)OCc1ccccc1.[C-]#[N+][C@@H]1C[C@@]2(CN1C(=O)[C@H](CC(C)(C)C)N(C)C(=O)[C@H](Cc1ccc(F)cc1)NC(=O)OCc1ccccc1)C(=O)Nc1ccccc12. The second-order valence-electron chi connectivity index (χ2n) is 41.3. The quantitative estimate of drug-likeness (QED) is 0.0114. The van der Waals surface area contributed by atoms with Gasteiger partial charge in [-0.15, -0.1) is 0 Å². The van der Waals surface area contributed by atoms with E-state index in [9.17, 15) is 85.4 Å². The first-order valence-corrected chi connectivity index (χ1v) is 48.3. The van der Waals surface area contributed by atoms with Gasteiger partial charge >= 0.3 is 30.4 Å². The number of halogens is 3. The second-order valence-corrected chi connectivity index (χ2v) is 41.3. The van der Waals surface area contributed by atoms with E-state index in [4.69, 9.17) is 26.5 Å². The average molecular weight is 2020 g/mol. The number of anilines is 3. The van der Waals surface area contributed by atoms with Gasteiger partial charge < -0.3 is 87.2 Å². The molecular formula is C111H126F3N15O18. The molecule has 3 fully saturated rings. The lowest BCUT2D eigenvalue weighted by molar-refractivity contribution is -0.148. The number of nitrogens with two attached hydrogens (primary N) is 1. The molecule has 0 saturated carbocycles. The maximum absolute atomic E-state index is 14.6. The first kappa shape index (κ1) is 110. The maximum atomic E-state index is 14.6. The van der Waals surface area contributed by atoms with Crippen molar-refractivity contribution in [3.63, 3.8) is 0 Å². The van der Waals surface area contributed by atoms with E-state index in [1.54, 1.807) is 55.6 Å². The van der Waals surface area contributed by atoms with Gasteiger partial charge in [0, 0.05) is 76.5 Å². The Labute approximate surface area is 852 Å². The van der Waals surface area contributed by atoms with E-state index in [1.165, 1.54) is 111 Å². The van der Waals surface area contributed by atoms with E-state index >= 15 is 0 Å². The molecule has 3 spiro atoms. The number of primary amides is 1. The normalized spacial score (nSPS) is 19.3. The summed E-state index contributed by atoms with van der Waals surface area (Å²) < 4.78 is 56.1.